The van der Waals surface area contributed by atoms with Crippen LogP contribution in [0.2, 0.25) is 0 Å². The average Bonchev–Trinajstić information content (AvgIpc) is 2.41. The SMILES string of the molecule is CCCc1ccc(C(Cl)CN2CCOCC2)cc1. The molecule has 1 aromatic rings. The quantitative estimate of drug-likeness (QED) is 0.760. The largest absolute Gasteiger partial charge is 0.379 e. The molecule has 0 aromatic heterocycles. The van der Waals surface area contributed by atoms with Crippen molar-refractivity contribution in [1.82, 2.24) is 4.90 Å². The zero-order chi connectivity index (χ0) is 12.8. The number of aryl methyl sites for hydroxylation is 1. The van der Waals surface area contributed by atoms with Gasteiger partial charge in [0, 0.05) is 19.6 Å². The van der Waals surface area contributed by atoms with Gasteiger partial charge in [0.25, 0.3) is 0 Å². The van der Waals surface area contributed by atoms with E-state index in [0.29, 0.717) is 0 Å². The van der Waals surface area contributed by atoms with E-state index in [4.69, 9.17) is 16.3 Å². The summed E-state index contributed by atoms with van der Waals surface area (Å²) in [6.45, 7) is 6.78. The van der Waals surface area contributed by atoms with Crippen LogP contribution in [0.5, 0.6) is 0 Å². The van der Waals surface area contributed by atoms with Crippen molar-refractivity contribution in [2.45, 2.75) is 25.1 Å². The molecule has 0 radical (unpaired) electrons. The normalized spacial score (nSPS) is 18.8. The minimum absolute atomic E-state index is 0.0822. The van der Waals surface area contributed by atoms with E-state index in [-0.39, 0.29) is 5.38 Å². The maximum absolute atomic E-state index is 6.49. The third-order valence-electron chi connectivity index (χ3n) is 3.40. The Kier molecular flexibility index (Phi) is 5.48. The molecule has 1 aliphatic rings. The van der Waals surface area contributed by atoms with Crippen molar-refractivity contribution in [2.24, 2.45) is 0 Å². The second-order valence-corrected chi connectivity index (χ2v) is 5.40. The van der Waals surface area contributed by atoms with Gasteiger partial charge in [-0.1, -0.05) is 37.6 Å². The fraction of sp³-hybridized carbons (Fsp3) is 0.600. The fourth-order valence-corrected chi connectivity index (χ4v) is 2.64. The lowest BCUT2D eigenvalue weighted by Crippen LogP contribution is -2.38. The predicted molar refractivity (Wildman–Crippen MR) is 76.3 cm³/mol. The molecule has 3 heteroatoms. The summed E-state index contributed by atoms with van der Waals surface area (Å²) < 4.78 is 5.34. The van der Waals surface area contributed by atoms with Crippen molar-refractivity contribution in [3.8, 4) is 0 Å². The molecule has 2 rings (SSSR count). The van der Waals surface area contributed by atoms with Gasteiger partial charge < -0.3 is 4.74 Å². The molecule has 1 atom stereocenters. The van der Waals surface area contributed by atoms with Gasteiger partial charge in [0.2, 0.25) is 0 Å². The molecule has 0 amide bonds. The third-order valence-corrected chi connectivity index (χ3v) is 3.79. The van der Waals surface area contributed by atoms with Gasteiger partial charge in [-0.05, 0) is 17.5 Å². The number of hydrogen-bond donors (Lipinski definition) is 0. The molecule has 0 saturated carbocycles. The average molecular weight is 268 g/mol. The van der Waals surface area contributed by atoms with E-state index in [1.54, 1.807) is 0 Å². The van der Waals surface area contributed by atoms with E-state index >= 15 is 0 Å². The lowest BCUT2D eigenvalue weighted by Gasteiger charge is -2.28. The van der Waals surface area contributed by atoms with Gasteiger partial charge in [0.05, 0.1) is 18.6 Å². The van der Waals surface area contributed by atoms with Crippen molar-refractivity contribution in [3.63, 3.8) is 0 Å². The fourth-order valence-electron chi connectivity index (χ4n) is 2.30. The summed E-state index contributed by atoms with van der Waals surface area (Å²) in [5, 5.41) is 0.0822. The van der Waals surface area contributed by atoms with Crippen LogP contribution < -0.4 is 0 Å². The molecule has 0 N–H and O–H groups in total. The second-order valence-electron chi connectivity index (χ2n) is 4.87. The molecule has 18 heavy (non-hydrogen) atoms. The number of halogens is 1. The van der Waals surface area contributed by atoms with Crippen molar-refractivity contribution in [3.05, 3.63) is 35.4 Å². The molecule has 0 spiro atoms. The minimum atomic E-state index is 0.0822. The molecule has 1 fully saturated rings. The Bertz CT molecular complexity index is 346. The highest BCUT2D eigenvalue weighted by molar-refractivity contribution is 6.21. The van der Waals surface area contributed by atoms with Gasteiger partial charge in [0.1, 0.15) is 0 Å². The lowest BCUT2D eigenvalue weighted by molar-refractivity contribution is 0.0379. The molecule has 1 saturated heterocycles. The van der Waals surface area contributed by atoms with E-state index in [9.17, 15) is 0 Å². The molecule has 1 aromatic carbocycles. The Labute approximate surface area is 115 Å². The van der Waals surface area contributed by atoms with Crippen LogP contribution in [0, 0.1) is 0 Å². The topological polar surface area (TPSA) is 12.5 Å². The van der Waals surface area contributed by atoms with E-state index in [1.807, 2.05) is 0 Å². The van der Waals surface area contributed by atoms with Crippen LogP contribution in [0.15, 0.2) is 24.3 Å². The Morgan fingerprint density at radius 2 is 1.89 bits per heavy atom. The molecule has 0 bridgehead atoms. The Morgan fingerprint density at radius 1 is 1.22 bits per heavy atom. The number of alkyl halides is 1. The monoisotopic (exact) mass is 267 g/mol. The van der Waals surface area contributed by atoms with Crippen LogP contribution >= 0.6 is 11.6 Å². The minimum Gasteiger partial charge on any atom is -0.379 e. The summed E-state index contributed by atoms with van der Waals surface area (Å²) in [5.41, 5.74) is 2.62. The Balaban J connectivity index is 1.89. The van der Waals surface area contributed by atoms with Gasteiger partial charge in [-0.2, -0.15) is 0 Å². The summed E-state index contributed by atoms with van der Waals surface area (Å²) in [6, 6.07) is 8.74. The summed E-state index contributed by atoms with van der Waals surface area (Å²) in [4.78, 5) is 2.38. The summed E-state index contributed by atoms with van der Waals surface area (Å²) in [7, 11) is 0. The first-order valence-electron chi connectivity index (χ1n) is 6.82. The number of hydrogen-bond acceptors (Lipinski definition) is 2. The first-order valence-corrected chi connectivity index (χ1v) is 7.26. The second kappa shape index (κ2) is 7.13. The number of rotatable bonds is 5. The smallest absolute Gasteiger partial charge is 0.0712 e. The van der Waals surface area contributed by atoms with Crippen molar-refractivity contribution >= 4 is 11.6 Å². The van der Waals surface area contributed by atoms with Crippen LogP contribution in [0.4, 0.5) is 0 Å². The van der Waals surface area contributed by atoms with E-state index < -0.39 is 0 Å². The standard InChI is InChI=1S/C15H22ClNO/c1-2-3-13-4-6-14(7-5-13)15(16)12-17-8-10-18-11-9-17/h4-7,15H,2-3,8-12H2,1H3. The number of morpholine rings is 1. The zero-order valence-electron chi connectivity index (χ0n) is 11.1. The first kappa shape index (κ1) is 13.9. The first-order chi connectivity index (χ1) is 8.79. The lowest BCUT2D eigenvalue weighted by atomic mass is 10.1. The van der Waals surface area contributed by atoms with Crippen molar-refractivity contribution in [2.75, 3.05) is 32.8 Å². The Morgan fingerprint density at radius 3 is 2.50 bits per heavy atom. The molecular weight excluding hydrogens is 246 g/mol. The van der Waals surface area contributed by atoms with Crippen LogP contribution in [-0.4, -0.2) is 37.7 Å². The molecule has 100 valence electrons. The maximum Gasteiger partial charge on any atom is 0.0712 e. The zero-order valence-corrected chi connectivity index (χ0v) is 11.8. The molecular formula is C15H22ClNO. The summed E-state index contributed by atoms with van der Waals surface area (Å²) in [5.74, 6) is 0. The molecule has 1 unspecified atom stereocenters. The van der Waals surface area contributed by atoms with E-state index in [1.165, 1.54) is 17.5 Å². The van der Waals surface area contributed by atoms with Crippen LogP contribution in [-0.2, 0) is 11.2 Å². The van der Waals surface area contributed by atoms with Crippen molar-refractivity contribution in [1.29, 1.82) is 0 Å². The van der Waals surface area contributed by atoms with Gasteiger partial charge in [-0.15, -0.1) is 11.6 Å². The maximum atomic E-state index is 6.49. The summed E-state index contributed by atoms with van der Waals surface area (Å²) in [6.07, 6.45) is 2.34. The molecule has 0 aliphatic carbocycles. The Hall–Kier alpha value is -0.570. The van der Waals surface area contributed by atoms with E-state index in [2.05, 4.69) is 36.1 Å². The summed E-state index contributed by atoms with van der Waals surface area (Å²) >= 11 is 6.49. The third kappa shape index (κ3) is 3.98. The highest BCUT2D eigenvalue weighted by atomic mass is 35.5. The number of benzene rings is 1. The van der Waals surface area contributed by atoms with Gasteiger partial charge in [-0.25, -0.2) is 0 Å². The molecule has 1 aliphatic heterocycles. The van der Waals surface area contributed by atoms with Crippen molar-refractivity contribution < 1.29 is 4.74 Å². The van der Waals surface area contributed by atoms with Crippen LogP contribution in [0.25, 0.3) is 0 Å². The molecule has 1 heterocycles. The van der Waals surface area contributed by atoms with Gasteiger partial charge >= 0.3 is 0 Å². The highest BCUT2D eigenvalue weighted by Gasteiger charge is 2.16. The highest BCUT2D eigenvalue weighted by Crippen LogP contribution is 2.22. The van der Waals surface area contributed by atoms with Crippen LogP contribution in [0.3, 0.4) is 0 Å². The number of ether oxygens (including phenoxy) is 1. The van der Waals surface area contributed by atoms with Crippen LogP contribution in [0.1, 0.15) is 29.8 Å². The predicted octanol–water partition coefficient (Wildman–Crippen LogP) is 3.25. The van der Waals surface area contributed by atoms with E-state index in [0.717, 1.165) is 39.3 Å². The number of nitrogens with zero attached hydrogens (tertiary/aromatic N) is 1. The molecule has 2 nitrogen and oxygen atoms in total. The van der Waals surface area contributed by atoms with Gasteiger partial charge in [0.15, 0.2) is 0 Å². The van der Waals surface area contributed by atoms with Gasteiger partial charge in [-0.3, -0.25) is 4.90 Å².